The van der Waals surface area contributed by atoms with Crippen molar-refractivity contribution in [1.82, 2.24) is 0 Å². The maximum absolute atomic E-state index is 8.82. The van der Waals surface area contributed by atoms with E-state index in [2.05, 4.69) is 0 Å². The Morgan fingerprint density at radius 2 is 1.85 bits per heavy atom. The molecular formula is C7H4BCl2NO2. The van der Waals surface area contributed by atoms with E-state index in [1.54, 1.807) is 0 Å². The van der Waals surface area contributed by atoms with E-state index < -0.39 is 7.12 Å². The number of hydrogen-bond donors (Lipinski definition) is 2. The van der Waals surface area contributed by atoms with Crippen LogP contribution in [-0.2, 0) is 0 Å². The van der Waals surface area contributed by atoms with E-state index in [-0.39, 0.29) is 21.1 Å². The van der Waals surface area contributed by atoms with Gasteiger partial charge in [-0.2, -0.15) is 5.26 Å². The highest BCUT2D eigenvalue weighted by Gasteiger charge is 2.18. The second-order valence-corrected chi connectivity index (χ2v) is 3.07. The molecule has 0 aliphatic carbocycles. The molecule has 0 aliphatic heterocycles. The quantitative estimate of drug-likeness (QED) is 0.673. The molecule has 0 unspecified atom stereocenters. The van der Waals surface area contributed by atoms with Crippen molar-refractivity contribution in [2.45, 2.75) is 0 Å². The second kappa shape index (κ2) is 3.99. The minimum absolute atomic E-state index is 0.00397. The van der Waals surface area contributed by atoms with Gasteiger partial charge in [0.1, 0.15) is 6.07 Å². The second-order valence-electron chi connectivity index (χ2n) is 2.32. The monoisotopic (exact) mass is 215 g/mol. The van der Waals surface area contributed by atoms with Crippen molar-refractivity contribution in [1.29, 1.82) is 5.26 Å². The molecule has 3 nitrogen and oxygen atoms in total. The van der Waals surface area contributed by atoms with Gasteiger partial charge >= 0.3 is 7.12 Å². The Hall–Kier alpha value is -0.725. The zero-order valence-electron chi connectivity index (χ0n) is 6.33. The number of halogens is 2. The largest absolute Gasteiger partial charge is 0.490 e. The van der Waals surface area contributed by atoms with E-state index in [1.165, 1.54) is 12.1 Å². The highest BCUT2D eigenvalue weighted by atomic mass is 35.5. The minimum atomic E-state index is -1.68. The molecule has 0 amide bonds. The van der Waals surface area contributed by atoms with Crippen LogP contribution in [0, 0.1) is 11.3 Å². The average molecular weight is 216 g/mol. The molecule has 13 heavy (non-hydrogen) atoms. The van der Waals surface area contributed by atoms with Gasteiger partial charge in [0.25, 0.3) is 0 Å². The van der Waals surface area contributed by atoms with Gasteiger partial charge < -0.3 is 10.0 Å². The molecule has 0 saturated heterocycles. The van der Waals surface area contributed by atoms with Crippen molar-refractivity contribution in [2.75, 3.05) is 0 Å². The molecule has 6 heteroatoms. The first-order valence-corrected chi connectivity index (χ1v) is 4.07. The Morgan fingerprint density at radius 1 is 1.23 bits per heavy atom. The van der Waals surface area contributed by atoms with Gasteiger partial charge in [-0.3, -0.25) is 0 Å². The Labute approximate surface area is 85.3 Å². The van der Waals surface area contributed by atoms with Gasteiger partial charge in [0.05, 0.1) is 15.6 Å². The van der Waals surface area contributed by atoms with E-state index >= 15 is 0 Å². The van der Waals surface area contributed by atoms with Crippen LogP contribution in [-0.4, -0.2) is 17.2 Å². The predicted molar refractivity (Wildman–Crippen MR) is 51.0 cm³/mol. The highest BCUT2D eigenvalue weighted by molar-refractivity contribution is 6.64. The van der Waals surface area contributed by atoms with Crippen LogP contribution < -0.4 is 5.46 Å². The maximum atomic E-state index is 8.82. The highest BCUT2D eigenvalue weighted by Crippen LogP contribution is 2.23. The molecule has 0 bridgehead atoms. The Kier molecular flexibility index (Phi) is 3.18. The smallest absolute Gasteiger partial charge is 0.423 e. The first-order chi connectivity index (χ1) is 6.07. The summed E-state index contributed by atoms with van der Waals surface area (Å²) in [5.41, 5.74) is 0.293. The van der Waals surface area contributed by atoms with E-state index in [0.29, 0.717) is 0 Å². The van der Waals surface area contributed by atoms with Crippen LogP contribution in [0.2, 0.25) is 10.0 Å². The summed E-state index contributed by atoms with van der Waals surface area (Å²) in [4.78, 5) is 0. The number of hydrogen-bond acceptors (Lipinski definition) is 3. The molecule has 0 aliphatic rings. The molecule has 2 N–H and O–H groups in total. The first-order valence-electron chi connectivity index (χ1n) is 3.32. The average Bonchev–Trinajstić information content (AvgIpc) is 2.09. The molecule has 1 aromatic rings. The summed E-state index contributed by atoms with van der Waals surface area (Å²) in [7, 11) is -1.68. The number of benzene rings is 1. The van der Waals surface area contributed by atoms with Gasteiger partial charge in [-0.25, -0.2) is 0 Å². The fourth-order valence-electron chi connectivity index (χ4n) is 0.850. The molecule has 1 rings (SSSR count). The molecule has 0 spiro atoms. The first kappa shape index (κ1) is 10.4. The molecule has 66 valence electrons. The lowest BCUT2D eigenvalue weighted by atomic mass is 9.80. The molecule has 0 heterocycles. The van der Waals surface area contributed by atoms with Gasteiger partial charge in [-0.05, 0) is 6.07 Å². The van der Waals surface area contributed by atoms with Crippen molar-refractivity contribution < 1.29 is 10.0 Å². The van der Waals surface area contributed by atoms with Crippen LogP contribution in [0.5, 0.6) is 0 Å². The molecule has 0 aromatic heterocycles. The van der Waals surface area contributed by atoms with Crippen LogP contribution in [0.25, 0.3) is 0 Å². The normalized spacial score (nSPS) is 9.46. The van der Waals surface area contributed by atoms with Crippen molar-refractivity contribution in [3.63, 3.8) is 0 Å². The zero-order chi connectivity index (χ0) is 10.0. The van der Waals surface area contributed by atoms with Crippen LogP contribution in [0.1, 0.15) is 5.56 Å². The summed E-state index contributed by atoms with van der Waals surface area (Å²) < 4.78 is 0. The maximum Gasteiger partial charge on any atom is 0.490 e. The van der Waals surface area contributed by atoms with E-state index in [1.807, 2.05) is 6.07 Å². The molecule has 0 radical (unpaired) electrons. The van der Waals surface area contributed by atoms with Crippen LogP contribution in [0.3, 0.4) is 0 Å². The predicted octanol–water partition coefficient (Wildman–Crippen LogP) is 0.545. The third-order valence-electron chi connectivity index (χ3n) is 1.51. The van der Waals surface area contributed by atoms with Crippen molar-refractivity contribution >= 4 is 35.8 Å². The Bertz CT molecular complexity index is 375. The van der Waals surface area contributed by atoms with E-state index in [9.17, 15) is 0 Å². The fourth-order valence-corrected chi connectivity index (χ4v) is 1.33. The van der Waals surface area contributed by atoms with Crippen LogP contribution >= 0.6 is 23.2 Å². The number of nitriles is 1. The number of rotatable bonds is 1. The van der Waals surface area contributed by atoms with Gasteiger partial charge in [0.2, 0.25) is 0 Å². The summed E-state index contributed by atoms with van der Waals surface area (Å²) in [5.74, 6) is 0. The molecule has 0 atom stereocenters. The zero-order valence-corrected chi connectivity index (χ0v) is 7.84. The van der Waals surface area contributed by atoms with Gasteiger partial charge in [-0.15, -0.1) is 0 Å². The van der Waals surface area contributed by atoms with E-state index in [4.69, 9.17) is 38.5 Å². The SMILES string of the molecule is N#Cc1ccc(B(O)O)c(Cl)c1Cl. The van der Waals surface area contributed by atoms with Crippen molar-refractivity contribution in [2.24, 2.45) is 0 Å². The van der Waals surface area contributed by atoms with Crippen molar-refractivity contribution in [3.05, 3.63) is 27.7 Å². The third kappa shape index (κ3) is 1.95. The van der Waals surface area contributed by atoms with Crippen LogP contribution in [0.4, 0.5) is 0 Å². The number of nitrogens with zero attached hydrogens (tertiary/aromatic N) is 1. The summed E-state index contributed by atoms with van der Waals surface area (Å²) in [6.07, 6.45) is 0. The van der Waals surface area contributed by atoms with Crippen molar-refractivity contribution in [3.8, 4) is 6.07 Å². The lowest BCUT2D eigenvalue weighted by Gasteiger charge is -2.04. The fraction of sp³-hybridized carbons (Fsp3) is 0. The standard InChI is InChI=1S/C7H4BCl2NO2/c9-6-4(3-11)1-2-5(7(6)10)8(12)13/h1-2,12-13H. The molecule has 0 fully saturated rings. The van der Waals surface area contributed by atoms with Gasteiger partial charge in [-0.1, -0.05) is 29.3 Å². The topological polar surface area (TPSA) is 64.2 Å². The minimum Gasteiger partial charge on any atom is -0.423 e. The summed E-state index contributed by atoms with van der Waals surface area (Å²) >= 11 is 11.3. The van der Waals surface area contributed by atoms with Crippen LogP contribution in [0.15, 0.2) is 12.1 Å². The lowest BCUT2D eigenvalue weighted by Crippen LogP contribution is -2.31. The molecular weight excluding hydrogens is 212 g/mol. The summed E-state index contributed by atoms with van der Waals surface area (Å²) in [6.45, 7) is 0. The Morgan fingerprint density at radius 3 is 2.31 bits per heavy atom. The Balaban J connectivity index is 3.33. The van der Waals surface area contributed by atoms with Gasteiger partial charge in [0.15, 0.2) is 0 Å². The van der Waals surface area contributed by atoms with E-state index in [0.717, 1.165) is 0 Å². The van der Waals surface area contributed by atoms with Gasteiger partial charge in [0, 0.05) is 5.46 Å². The molecule has 0 saturated carbocycles. The summed E-state index contributed by atoms with van der Waals surface area (Å²) in [6, 6.07) is 4.55. The molecule has 1 aromatic carbocycles. The third-order valence-corrected chi connectivity index (χ3v) is 2.41. The lowest BCUT2D eigenvalue weighted by molar-refractivity contribution is 0.426. The summed E-state index contributed by atoms with van der Waals surface area (Å²) in [5, 5.41) is 26.2.